The molecule has 2 aromatic rings. The molecule has 1 aromatic heterocycles. The van der Waals surface area contributed by atoms with Crippen molar-refractivity contribution in [2.75, 3.05) is 5.32 Å². The molecule has 3 nitrogen and oxygen atoms in total. The zero-order valence-electron chi connectivity index (χ0n) is 12.0. The summed E-state index contributed by atoms with van der Waals surface area (Å²) >= 11 is 3.44. The van der Waals surface area contributed by atoms with E-state index >= 15 is 0 Å². The van der Waals surface area contributed by atoms with Crippen LogP contribution in [-0.4, -0.2) is 4.57 Å². The minimum Gasteiger partial charge on any atom is -0.380 e. The SMILES string of the molecule is CCn1c(C)cc(CNc2cc(Br)ccc2C#N)c1C. The predicted molar refractivity (Wildman–Crippen MR) is 85.8 cm³/mol. The Morgan fingerprint density at radius 2 is 2.05 bits per heavy atom. The van der Waals surface area contributed by atoms with Crippen molar-refractivity contribution in [1.82, 2.24) is 4.57 Å². The van der Waals surface area contributed by atoms with Gasteiger partial charge in [-0.2, -0.15) is 5.26 Å². The van der Waals surface area contributed by atoms with Gasteiger partial charge in [0, 0.05) is 29.0 Å². The molecule has 1 heterocycles. The van der Waals surface area contributed by atoms with Crippen LogP contribution >= 0.6 is 15.9 Å². The quantitative estimate of drug-likeness (QED) is 0.903. The lowest BCUT2D eigenvalue weighted by molar-refractivity contribution is 0.715. The first-order valence-electron chi connectivity index (χ1n) is 6.66. The molecule has 20 heavy (non-hydrogen) atoms. The first-order valence-corrected chi connectivity index (χ1v) is 7.45. The fourth-order valence-electron chi connectivity index (χ4n) is 2.49. The van der Waals surface area contributed by atoms with Crippen molar-refractivity contribution < 1.29 is 0 Å². The van der Waals surface area contributed by atoms with E-state index in [2.05, 4.69) is 58.7 Å². The minimum absolute atomic E-state index is 0.664. The molecule has 1 N–H and O–H groups in total. The van der Waals surface area contributed by atoms with Crippen LogP contribution in [0.4, 0.5) is 5.69 Å². The minimum atomic E-state index is 0.664. The number of nitrogens with zero attached hydrogens (tertiary/aromatic N) is 2. The lowest BCUT2D eigenvalue weighted by Gasteiger charge is -2.10. The van der Waals surface area contributed by atoms with Crippen LogP contribution < -0.4 is 5.32 Å². The lowest BCUT2D eigenvalue weighted by atomic mass is 10.2. The third-order valence-corrected chi connectivity index (χ3v) is 4.06. The van der Waals surface area contributed by atoms with Crippen LogP contribution in [0.1, 0.15) is 29.4 Å². The molecule has 0 aliphatic heterocycles. The highest BCUT2D eigenvalue weighted by Crippen LogP contribution is 2.22. The fraction of sp³-hybridized carbons (Fsp3) is 0.312. The van der Waals surface area contributed by atoms with E-state index in [0.29, 0.717) is 5.56 Å². The van der Waals surface area contributed by atoms with Gasteiger partial charge in [-0.1, -0.05) is 15.9 Å². The van der Waals surface area contributed by atoms with E-state index in [1.807, 2.05) is 18.2 Å². The molecule has 4 heteroatoms. The molecular weight excluding hydrogens is 314 g/mol. The maximum Gasteiger partial charge on any atom is 0.101 e. The number of nitriles is 1. The van der Waals surface area contributed by atoms with Crippen molar-refractivity contribution in [3.63, 3.8) is 0 Å². The third-order valence-electron chi connectivity index (χ3n) is 3.57. The second-order valence-electron chi connectivity index (χ2n) is 4.80. The molecule has 0 saturated carbocycles. The largest absolute Gasteiger partial charge is 0.380 e. The van der Waals surface area contributed by atoms with Crippen molar-refractivity contribution in [3.8, 4) is 6.07 Å². The van der Waals surface area contributed by atoms with Crippen LogP contribution in [0.25, 0.3) is 0 Å². The van der Waals surface area contributed by atoms with Gasteiger partial charge in [-0.3, -0.25) is 0 Å². The number of rotatable bonds is 4. The molecule has 0 fully saturated rings. The molecule has 2 rings (SSSR count). The molecular formula is C16H18BrN3. The van der Waals surface area contributed by atoms with Crippen molar-refractivity contribution in [3.05, 3.63) is 51.3 Å². The molecule has 0 spiro atoms. The van der Waals surface area contributed by atoms with E-state index in [0.717, 1.165) is 23.2 Å². The van der Waals surface area contributed by atoms with Crippen LogP contribution in [-0.2, 0) is 13.1 Å². The van der Waals surface area contributed by atoms with Gasteiger partial charge in [0.2, 0.25) is 0 Å². The number of benzene rings is 1. The molecule has 0 saturated heterocycles. The Morgan fingerprint density at radius 3 is 2.65 bits per heavy atom. The van der Waals surface area contributed by atoms with Crippen molar-refractivity contribution in [2.24, 2.45) is 0 Å². The van der Waals surface area contributed by atoms with Crippen LogP contribution in [0.15, 0.2) is 28.7 Å². The number of nitrogens with one attached hydrogen (secondary N) is 1. The summed E-state index contributed by atoms with van der Waals surface area (Å²) in [5, 5.41) is 12.5. The first-order chi connectivity index (χ1) is 9.56. The van der Waals surface area contributed by atoms with Crippen LogP contribution in [0.5, 0.6) is 0 Å². The topological polar surface area (TPSA) is 40.8 Å². The zero-order chi connectivity index (χ0) is 14.7. The maximum atomic E-state index is 9.14. The Bertz CT molecular complexity index is 665. The van der Waals surface area contributed by atoms with E-state index < -0.39 is 0 Å². The normalized spacial score (nSPS) is 10.3. The smallest absolute Gasteiger partial charge is 0.101 e. The molecule has 0 aliphatic rings. The standard InChI is InChI=1S/C16H18BrN3/c1-4-20-11(2)7-14(12(20)3)10-19-16-8-15(17)6-5-13(16)9-18/h5-8,19H,4,10H2,1-3H3. The number of aromatic nitrogens is 1. The average molecular weight is 332 g/mol. The Morgan fingerprint density at radius 1 is 1.30 bits per heavy atom. The van der Waals surface area contributed by atoms with Crippen LogP contribution in [0.3, 0.4) is 0 Å². The van der Waals surface area contributed by atoms with Crippen molar-refractivity contribution in [2.45, 2.75) is 33.9 Å². The second-order valence-corrected chi connectivity index (χ2v) is 5.71. The van der Waals surface area contributed by atoms with E-state index in [9.17, 15) is 0 Å². The van der Waals surface area contributed by atoms with Crippen molar-refractivity contribution >= 4 is 21.6 Å². The summed E-state index contributed by atoms with van der Waals surface area (Å²) in [6.45, 7) is 8.13. The van der Waals surface area contributed by atoms with Gasteiger partial charge in [-0.15, -0.1) is 0 Å². The number of hydrogen-bond donors (Lipinski definition) is 1. The Hall–Kier alpha value is -1.73. The highest BCUT2D eigenvalue weighted by molar-refractivity contribution is 9.10. The van der Waals surface area contributed by atoms with Gasteiger partial charge >= 0.3 is 0 Å². The second kappa shape index (κ2) is 6.15. The average Bonchev–Trinajstić information content (AvgIpc) is 2.70. The molecule has 0 unspecified atom stereocenters. The Balaban J connectivity index is 2.21. The number of anilines is 1. The lowest BCUT2D eigenvalue weighted by Crippen LogP contribution is -2.04. The molecule has 0 radical (unpaired) electrons. The highest BCUT2D eigenvalue weighted by Gasteiger charge is 2.08. The molecule has 1 aromatic carbocycles. The molecule has 0 aliphatic carbocycles. The summed E-state index contributed by atoms with van der Waals surface area (Å²) in [6, 6.07) is 10.1. The molecule has 0 atom stereocenters. The van der Waals surface area contributed by atoms with E-state index in [1.54, 1.807) is 0 Å². The molecule has 0 amide bonds. The Kier molecular flexibility index (Phi) is 4.51. The zero-order valence-corrected chi connectivity index (χ0v) is 13.6. The summed E-state index contributed by atoms with van der Waals surface area (Å²) in [4.78, 5) is 0. The summed E-state index contributed by atoms with van der Waals surface area (Å²) in [5.74, 6) is 0. The van der Waals surface area contributed by atoms with E-state index in [-0.39, 0.29) is 0 Å². The van der Waals surface area contributed by atoms with Gasteiger partial charge < -0.3 is 9.88 Å². The van der Waals surface area contributed by atoms with Crippen molar-refractivity contribution in [1.29, 1.82) is 5.26 Å². The van der Waals surface area contributed by atoms with Crippen LogP contribution in [0.2, 0.25) is 0 Å². The molecule has 0 bridgehead atoms. The predicted octanol–water partition coefficient (Wildman–Crippen LogP) is 4.37. The Labute approximate surface area is 128 Å². The number of hydrogen-bond acceptors (Lipinski definition) is 2. The summed E-state index contributed by atoms with van der Waals surface area (Å²) < 4.78 is 3.27. The van der Waals surface area contributed by atoms with Gasteiger partial charge in [-0.25, -0.2) is 0 Å². The van der Waals surface area contributed by atoms with Gasteiger partial charge in [0.25, 0.3) is 0 Å². The van der Waals surface area contributed by atoms with E-state index in [1.165, 1.54) is 17.0 Å². The van der Waals surface area contributed by atoms with E-state index in [4.69, 9.17) is 5.26 Å². The van der Waals surface area contributed by atoms with Crippen LogP contribution in [0, 0.1) is 25.2 Å². The number of aryl methyl sites for hydroxylation is 1. The molecule has 104 valence electrons. The summed E-state index contributed by atoms with van der Waals surface area (Å²) in [5.41, 5.74) is 5.36. The number of halogens is 1. The third kappa shape index (κ3) is 2.88. The summed E-state index contributed by atoms with van der Waals surface area (Å²) in [6.07, 6.45) is 0. The van der Waals surface area contributed by atoms with Gasteiger partial charge in [-0.05, 0) is 50.6 Å². The van der Waals surface area contributed by atoms with Gasteiger partial charge in [0.15, 0.2) is 0 Å². The monoisotopic (exact) mass is 331 g/mol. The van der Waals surface area contributed by atoms with Gasteiger partial charge in [0.1, 0.15) is 6.07 Å². The first kappa shape index (κ1) is 14.7. The highest BCUT2D eigenvalue weighted by atomic mass is 79.9. The summed E-state index contributed by atoms with van der Waals surface area (Å²) in [7, 11) is 0. The van der Waals surface area contributed by atoms with Gasteiger partial charge in [0.05, 0.1) is 11.3 Å². The maximum absolute atomic E-state index is 9.14. The fourth-order valence-corrected chi connectivity index (χ4v) is 2.85.